The highest BCUT2D eigenvalue weighted by Gasteiger charge is 2.45. The van der Waals surface area contributed by atoms with Gasteiger partial charge in [0.2, 0.25) is 5.91 Å². The Morgan fingerprint density at radius 2 is 1.94 bits per heavy atom. The maximum atomic E-state index is 11.8. The monoisotopic (exact) mass is 271 g/mol. The number of carboxylic acids is 1. The molecule has 0 atom stereocenters. The first-order valence-corrected chi connectivity index (χ1v) is 6.10. The van der Waals surface area contributed by atoms with Crippen LogP contribution in [0, 0.1) is 0 Å². The molecule has 0 unspecified atom stereocenters. The molecule has 17 heavy (non-hydrogen) atoms. The lowest BCUT2D eigenvalue weighted by Crippen LogP contribution is -2.59. The molecule has 0 aromatic rings. The van der Waals surface area contributed by atoms with E-state index in [0.717, 1.165) is 0 Å². The van der Waals surface area contributed by atoms with E-state index in [1.54, 1.807) is 0 Å². The van der Waals surface area contributed by atoms with Crippen molar-refractivity contribution in [2.45, 2.75) is 31.0 Å². The van der Waals surface area contributed by atoms with E-state index in [-0.39, 0.29) is 5.75 Å². The van der Waals surface area contributed by atoms with E-state index in [1.807, 2.05) is 0 Å². The summed E-state index contributed by atoms with van der Waals surface area (Å²) in [6.07, 6.45) is -2.95. The number of carbonyl (C=O) groups is 2. The molecule has 0 spiro atoms. The van der Waals surface area contributed by atoms with Gasteiger partial charge in [0.05, 0.1) is 11.5 Å². The summed E-state index contributed by atoms with van der Waals surface area (Å²) in [5.74, 6) is -3.28. The number of hydrogen-bond donors (Lipinski definition) is 2. The number of nitrogens with one attached hydrogen (secondary N) is 1. The summed E-state index contributed by atoms with van der Waals surface area (Å²) >= 11 is 0.425. The zero-order valence-corrected chi connectivity index (χ0v) is 9.66. The number of alkyl halides is 3. The minimum absolute atomic E-state index is 0.331. The van der Waals surface area contributed by atoms with Gasteiger partial charge in [-0.2, -0.15) is 13.2 Å². The van der Waals surface area contributed by atoms with Crippen molar-refractivity contribution in [2.24, 2.45) is 0 Å². The topological polar surface area (TPSA) is 66.4 Å². The van der Waals surface area contributed by atoms with Crippen LogP contribution in [0.3, 0.4) is 0 Å². The van der Waals surface area contributed by atoms with Crippen molar-refractivity contribution in [1.82, 2.24) is 5.32 Å². The first kappa shape index (κ1) is 14.1. The molecule has 1 saturated carbocycles. The second-order valence-electron chi connectivity index (χ2n) is 3.90. The van der Waals surface area contributed by atoms with Crippen molar-refractivity contribution >= 4 is 23.6 Å². The maximum absolute atomic E-state index is 11.8. The van der Waals surface area contributed by atoms with Crippen LogP contribution in [-0.2, 0) is 9.59 Å². The van der Waals surface area contributed by atoms with E-state index in [0.29, 0.717) is 31.0 Å². The van der Waals surface area contributed by atoms with Crippen molar-refractivity contribution < 1.29 is 27.9 Å². The van der Waals surface area contributed by atoms with Gasteiger partial charge in [0, 0.05) is 0 Å². The van der Waals surface area contributed by atoms with Crippen molar-refractivity contribution in [2.75, 3.05) is 11.5 Å². The Balaban J connectivity index is 2.32. The number of amides is 1. The Hall–Kier alpha value is -0.920. The average Bonchev–Trinajstić information content (AvgIpc) is 2.08. The number of rotatable bonds is 5. The summed E-state index contributed by atoms with van der Waals surface area (Å²) in [6, 6.07) is 0. The number of hydrogen-bond acceptors (Lipinski definition) is 3. The Morgan fingerprint density at radius 3 is 2.29 bits per heavy atom. The molecule has 8 heteroatoms. The molecular weight excluding hydrogens is 259 g/mol. The number of thioether (sulfide) groups is 1. The van der Waals surface area contributed by atoms with Gasteiger partial charge in [-0.15, -0.1) is 11.8 Å². The van der Waals surface area contributed by atoms with Gasteiger partial charge in [0.1, 0.15) is 5.54 Å². The normalized spacial score (nSPS) is 18.3. The Morgan fingerprint density at radius 1 is 1.35 bits per heavy atom. The molecule has 0 bridgehead atoms. The van der Waals surface area contributed by atoms with E-state index >= 15 is 0 Å². The third-order valence-electron chi connectivity index (χ3n) is 2.49. The van der Waals surface area contributed by atoms with Gasteiger partial charge in [0.15, 0.2) is 0 Å². The zero-order chi connectivity index (χ0) is 13.1. The quantitative estimate of drug-likeness (QED) is 0.793. The van der Waals surface area contributed by atoms with Gasteiger partial charge in [-0.3, -0.25) is 4.79 Å². The number of carboxylic acid groups (broad SMARTS) is 1. The molecular formula is C9H12F3NO3S. The maximum Gasteiger partial charge on any atom is 0.397 e. The highest BCUT2D eigenvalue weighted by molar-refractivity contribution is 8.00. The Kier molecular flexibility index (Phi) is 4.29. The van der Waals surface area contributed by atoms with Crippen LogP contribution in [0.1, 0.15) is 19.3 Å². The predicted molar refractivity (Wildman–Crippen MR) is 55.7 cm³/mol. The minimum atomic E-state index is -4.31. The molecule has 0 radical (unpaired) electrons. The SMILES string of the molecule is O=C(CSCC(F)(F)F)NC1(C(=O)O)CCC1. The molecule has 1 aliphatic rings. The Bertz CT molecular complexity index is 315. The largest absolute Gasteiger partial charge is 0.480 e. The van der Waals surface area contributed by atoms with E-state index in [9.17, 15) is 22.8 Å². The summed E-state index contributed by atoms with van der Waals surface area (Å²) in [6.45, 7) is 0. The van der Waals surface area contributed by atoms with Crippen LogP contribution in [0.25, 0.3) is 0 Å². The molecule has 0 aromatic carbocycles. The smallest absolute Gasteiger partial charge is 0.397 e. The highest BCUT2D eigenvalue weighted by Crippen LogP contribution is 2.32. The van der Waals surface area contributed by atoms with Crippen LogP contribution >= 0.6 is 11.8 Å². The third-order valence-corrected chi connectivity index (χ3v) is 3.49. The lowest BCUT2D eigenvalue weighted by atomic mass is 9.77. The fourth-order valence-corrected chi connectivity index (χ4v) is 2.08. The standard InChI is InChI=1S/C9H12F3NO3S/c10-9(11,12)5-17-4-6(14)13-8(7(15)16)2-1-3-8/h1-5H2,(H,13,14)(H,15,16). The van der Waals surface area contributed by atoms with Crippen molar-refractivity contribution in [1.29, 1.82) is 0 Å². The van der Waals surface area contributed by atoms with Crippen molar-refractivity contribution in [3.05, 3.63) is 0 Å². The van der Waals surface area contributed by atoms with Gasteiger partial charge in [0.25, 0.3) is 0 Å². The molecule has 1 amide bonds. The summed E-state index contributed by atoms with van der Waals surface area (Å²) in [4.78, 5) is 22.1. The number of halogens is 3. The fraction of sp³-hybridized carbons (Fsp3) is 0.778. The zero-order valence-electron chi connectivity index (χ0n) is 8.84. The van der Waals surface area contributed by atoms with Gasteiger partial charge in [-0.05, 0) is 19.3 Å². The second-order valence-corrected chi connectivity index (χ2v) is 4.88. The lowest BCUT2D eigenvalue weighted by Gasteiger charge is -2.38. The second kappa shape index (κ2) is 5.16. The molecule has 4 nitrogen and oxygen atoms in total. The summed E-state index contributed by atoms with van der Waals surface area (Å²) < 4.78 is 35.4. The molecule has 0 aromatic heterocycles. The molecule has 1 aliphatic carbocycles. The minimum Gasteiger partial charge on any atom is -0.480 e. The van der Waals surface area contributed by atoms with Crippen molar-refractivity contribution in [3.8, 4) is 0 Å². The predicted octanol–water partition coefficient (Wildman–Crippen LogP) is 1.41. The van der Waals surface area contributed by atoms with E-state index in [4.69, 9.17) is 5.11 Å². The van der Waals surface area contributed by atoms with E-state index in [2.05, 4.69) is 5.32 Å². The molecule has 1 fully saturated rings. The van der Waals surface area contributed by atoms with Crippen molar-refractivity contribution in [3.63, 3.8) is 0 Å². The van der Waals surface area contributed by atoms with Crippen LogP contribution in [-0.4, -0.2) is 40.2 Å². The average molecular weight is 271 g/mol. The summed E-state index contributed by atoms with van der Waals surface area (Å²) in [5.41, 5.74) is -1.25. The van der Waals surface area contributed by atoms with Crippen LogP contribution in [0.5, 0.6) is 0 Å². The fourth-order valence-electron chi connectivity index (χ4n) is 1.49. The molecule has 1 rings (SSSR count). The first-order valence-electron chi connectivity index (χ1n) is 4.94. The molecule has 0 aliphatic heterocycles. The van der Waals surface area contributed by atoms with Crippen LogP contribution in [0.15, 0.2) is 0 Å². The van der Waals surface area contributed by atoms with E-state index in [1.165, 1.54) is 0 Å². The molecule has 2 N–H and O–H groups in total. The lowest BCUT2D eigenvalue weighted by molar-refractivity contribution is -0.151. The number of carbonyl (C=O) groups excluding carboxylic acids is 1. The van der Waals surface area contributed by atoms with E-state index < -0.39 is 29.3 Å². The molecule has 98 valence electrons. The highest BCUT2D eigenvalue weighted by atomic mass is 32.2. The summed E-state index contributed by atoms with van der Waals surface area (Å²) in [7, 11) is 0. The first-order chi connectivity index (χ1) is 7.75. The summed E-state index contributed by atoms with van der Waals surface area (Å²) in [5, 5.41) is 11.2. The Labute approximate surface area is 99.9 Å². The number of aliphatic carboxylic acids is 1. The van der Waals surface area contributed by atoms with Crippen LogP contribution in [0.2, 0.25) is 0 Å². The molecule has 0 heterocycles. The van der Waals surface area contributed by atoms with Crippen LogP contribution in [0.4, 0.5) is 13.2 Å². The van der Waals surface area contributed by atoms with Gasteiger partial charge in [-0.25, -0.2) is 4.79 Å². The van der Waals surface area contributed by atoms with Gasteiger partial charge in [-0.1, -0.05) is 0 Å². The van der Waals surface area contributed by atoms with Crippen LogP contribution < -0.4 is 5.32 Å². The molecule has 0 saturated heterocycles. The third kappa shape index (κ3) is 4.10. The van der Waals surface area contributed by atoms with Gasteiger partial charge >= 0.3 is 12.1 Å². The van der Waals surface area contributed by atoms with Gasteiger partial charge < -0.3 is 10.4 Å².